The number of rotatable bonds is 0. The average molecular weight is 570 g/mol. The van der Waals surface area contributed by atoms with Gasteiger partial charge < -0.3 is 55.9 Å². The van der Waals surface area contributed by atoms with Crippen LogP contribution in [0.1, 0.15) is 0 Å². The molecular weight excluding hydrogens is 570 g/mol. The Balaban J connectivity index is -0.0000000257. The van der Waals surface area contributed by atoms with Crippen LogP contribution in [0.25, 0.3) is 0 Å². The molecule has 0 fully saturated rings. The maximum atomic E-state index is 8.41. The van der Waals surface area contributed by atoms with Gasteiger partial charge in [-0.3, -0.25) is 0 Å². The van der Waals surface area contributed by atoms with E-state index in [1.807, 2.05) is 0 Å². The molecule has 0 saturated carbocycles. The van der Waals surface area contributed by atoms with Gasteiger partial charge in [-0.2, -0.15) is 0 Å². The van der Waals surface area contributed by atoms with Gasteiger partial charge in [-0.05, 0) is 0 Å². The molecule has 0 aromatic carbocycles. The van der Waals surface area contributed by atoms with Crippen LogP contribution < -0.4 is 107 Å². The maximum absolute atomic E-state index is 8.41. The van der Waals surface area contributed by atoms with Gasteiger partial charge in [0.1, 0.15) is 0 Å². The first-order valence-electron chi connectivity index (χ1n) is 1.85. The van der Waals surface area contributed by atoms with E-state index in [0.717, 1.165) is 0 Å². The molecule has 0 aliphatic carbocycles. The van der Waals surface area contributed by atoms with Gasteiger partial charge in [0, 0.05) is 0 Å². The molecule has 18 heteroatoms. The van der Waals surface area contributed by atoms with Crippen molar-refractivity contribution in [3.05, 3.63) is 0 Å². The Labute approximate surface area is 170 Å². The van der Waals surface area contributed by atoms with Crippen molar-refractivity contribution in [1.29, 1.82) is 0 Å². The Morgan fingerprint density at radius 3 is 0.333 bits per heavy atom. The van der Waals surface area contributed by atoms with Gasteiger partial charge in [-0.25, -0.2) is 0 Å². The second-order valence-corrected chi connectivity index (χ2v) is 2.27. The smallest absolute Gasteiger partial charge is 0.357 e. The number of hydrogen-bond donors (Lipinski definition) is 0. The maximum Gasteiger partial charge on any atom is 3.00 e. The summed E-state index contributed by atoms with van der Waals surface area (Å²) in [5, 5.41) is 0. The molecule has 18 heavy (non-hydrogen) atoms. The van der Waals surface area contributed by atoms with Crippen LogP contribution in [-0.4, -0.2) is 0 Å². The quantitative estimate of drug-likeness (QED) is 0.246. The predicted molar refractivity (Wildman–Crippen MR) is 0 cm³/mol. The first-order valence-corrected chi connectivity index (χ1v) is 5.55. The Bertz CT molecular complexity index is 67.1. The summed E-state index contributed by atoms with van der Waals surface area (Å²) in [7, 11) is -11.4. The van der Waals surface area contributed by atoms with Crippen LogP contribution in [0.5, 0.6) is 0 Å². The molecule has 0 bridgehead atoms. The molecule has 0 unspecified atom stereocenters. The topological polar surface area (TPSA) is 277 Å². The summed E-state index contributed by atoms with van der Waals surface area (Å²) in [4.78, 5) is 0. The van der Waals surface area contributed by atoms with Crippen LogP contribution in [-0.2, 0) is 22.4 Å². The van der Waals surface area contributed by atoms with E-state index in [0.29, 0.717) is 0 Å². The van der Waals surface area contributed by atoms with E-state index >= 15 is 0 Å². The summed E-state index contributed by atoms with van der Waals surface area (Å²) >= 11 is 0. The third kappa shape index (κ3) is 665. The van der Waals surface area contributed by atoms with Crippen LogP contribution >= 0.6 is 0 Å². The molecule has 0 aromatic heterocycles. The van der Waals surface area contributed by atoms with Crippen molar-refractivity contribution in [2.24, 2.45) is 0 Å². The Hall–Kier alpha value is 3.06. The van der Waals surface area contributed by atoms with E-state index in [9.17, 15) is 0 Å². The molecule has 12 nitrogen and oxygen atoms in total. The molecule has 0 rings (SSSR count). The summed E-state index contributed by atoms with van der Waals surface area (Å²) in [6.07, 6.45) is 0. The van der Waals surface area contributed by atoms with E-state index in [2.05, 4.69) is 0 Å². The van der Waals surface area contributed by atoms with Gasteiger partial charge in [0.05, 0.1) is 43.1 Å². The van der Waals surface area contributed by atoms with Crippen LogP contribution in [0.3, 0.4) is 0 Å². The summed E-state index contributed by atoms with van der Waals surface area (Å²) in [5.74, 6) is 0. The first kappa shape index (κ1) is 37.4. The van der Waals surface area contributed by atoms with Crippen molar-refractivity contribution >= 4 is 0 Å². The van der Waals surface area contributed by atoms with E-state index in [1.165, 1.54) is 0 Å². The summed E-state index contributed by atoms with van der Waals surface area (Å²) in [6, 6.07) is 0. The molecule has 0 saturated heterocycles. The fraction of sp³-hybridized carbons (Fsp3) is 0. The molecule has 0 aromatic rings. The van der Waals surface area contributed by atoms with E-state index in [-0.39, 0.29) is 73.8 Å². The van der Waals surface area contributed by atoms with Gasteiger partial charge in [0.2, 0.25) is 0 Å². The second kappa shape index (κ2) is 32.1. The monoisotopic (exact) mass is 568 g/mol. The Morgan fingerprint density at radius 2 is 0.333 bits per heavy atom. The zero-order valence-electron chi connectivity index (χ0n) is 7.71. The van der Waals surface area contributed by atoms with Crippen molar-refractivity contribution in [3.63, 3.8) is 0 Å². The molecule has 0 amide bonds. The van der Waals surface area contributed by atoms with Gasteiger partial charge in [-0.15, -0.1) is 0 Å². The molecule has 0 heterocycles. The van der Waals surface area contributed by atoms with E-state index < -0.39 is 43.1 Å². The molecule has 0 radical (unpaired) electrons. The summed E-state index contributed by atoms with van der Waals surface area (Å²) in [5.41, 5.74) is 0. The van der Waals surface area contributed by atoms with Gasteiger partial charge in [0.15, 0.2) is 0 Å². The summed E-state index contributed by atoms with van der Waals surface area (Å²) in [6.45, 7) is 0. The molecular formula is AuCl4KO12. The fourth-order valence-electron chi connectivity index (χ4n) is 0. The Kier molecular flexibility index (Phi) is 66.7. The van der Waals surface area contributed by atoms with Crippen molar-refractivity contribution < 1.29 is 173 Å². The minimum atomic E-state index is -2.85. The minimum Gasteiger partial charge on any atom is -0.357 e. The van der Waals surface area contributed by atoms with Crippen molar-refractivity contribution in [1.82, 2.24) is 0 Å². The minimum absolute atomic E-state index is 0. The molecule has 0 aliphatic rings. The summed E-state index contributed by atoms with van der Waals surface area (Å²) < 4.78 is 101. The van der Waals surface area contributed by atoms with Gasteiger partial charge in [-0.1, -0.05) is 0 Å². The molecule has 0 aliphatic heterocycles. The molecule has 0 N–H and O–H groups in total. The normalized spacial score (nSPS) is 8.00. The largest absolute Gasteiger partial charge is 3.00 e. The van der Waals surface area contributed by atoms with Crippen LogP contribution in [0.2, 0.25) is 0 Å². The van der Waals surface area contributed by atoms with Crippen molar-refractivity contribution in [2.75, 3.05) is 0 Å². The third-order valence-electron chi connectivity index (χ3n) is 0. The average Bonchev–Trinajstić information content (AvgIpc) is 1.76. The van der Waals surface area contributed by atoms with Crippen molar-refractivity contribution in [3.8, 4) is 0 Å². The van der Waals surface area contributed by atoms with Gasteiger partial charge >= 0.3 is 73.8 Å². The van der Waals surface area contributed by atoms with Crippen molar-refractivity contribution in [2.45, 2.75) is 0 Å². The fourth-order valence-corrected chi connectivity index (χ4v) is 0. The third-order valence-corrected chi connectivity index (χ3v) is 0. The number of hydrogen-bond acceptors (Lipinski definition) is 12. The predicted octanol–water partition coefficient (Wildman–Crippen LogP) is -17.3. The SMILES string of the molecule is [Au+3].[K+].[O-][Cl+2]([O-])[O-].[O-][Cl+2]([O-])[O-].[O-][Cl+2]([O-])[O-].[O-][Cl+2]([O-])[O-]. The molecule has 112 valence electrons. The zero-order chi connectivity index (χ0) is 14.3. The molecule has 0 spiro atoms. The van der Waals surface area contributed by atoms with E-state index in [1.54, 1.807) is 0 Å². The Morgan fingerprint density at radius 1 is 0.333 bits per heavy atom. The van der Waals surface area contributed by atoms with Crippen LogP contribution in [0.4, 0.5) is 0 Å². The second-order valence-electron chi connectivity index (χ2n) is 0.756. The van der Waals surface area contributed by atoms with E-state index in [4.69, 9.17) is 55.9 Å². The van der Waals surface area contributed by atoms with Crippen LogP contribution in [0, 0.1) is 43.1 Å². The standard InChI is InChI=1S/Au.4ClO3.K/c;4*2-1(3)4;/q+3;4*-1;+1. The zero-order valence-corrected chi connectivity index (χ0v) is 16.0. The van der Waals surface area contributed by atoms with Gasteiger partial charge in [0.25, 0.3) is 0 Å². The molecule has 0 atom stereocenters. The van der Waals surface area contributed by atoms with Crippen LogP contribution in [0.15, 0.2) is 0 Å². The number of halogens is 4. The first-order chi connectivity index (χ1) is 6.93.